The van der Waals surface area contributed by atoms with Crippen molar-refractivity contribution in [3.63, 3.8) is 0 Å². The van der Waals surface area contributed by atoms with Crippen molar-refractivity contribution in [1.29, 1.82) is 0 Å². The van der Waals surface area contributed by atoms with Gasteiger partial charge >= 0.3 is 5.97 Å². The van der Waals surface area contributed by atoms with Crippen molar-refractivity contribution in [2.75, 3.05) is 39.5 Å². The summed E-state index contributed by atoms with van der Waals surface area (Å²) in [6, 6.07) is 6.67. The lowest BCUT2D eigenvalue weighted by Gasteiger charge is -2.15. The molecule has 0 aliphatic heterocycles. The number of hydrogen-bond acceptors (Lipinski definition) is 7. The topological polar surface area (TPSA) is 132 Å². The van der Waals surface area contributed by atoms with Crippen LogP contribution in [-0.2, 0) is 14.3 Å². The zero-order valence-corrected chi connectivity index (χ0v) is 13.8. The molecule has 1 atom stereocenters. The Balaban J connectivity index is 2.40. The Labute approximate surface area is 145 Å². The second-order valence-electron chi connectivity index (χ2n) is 4.84. The third kappa shape index (κ3) is 8.80. The van der Waals surface area contributed by atoms with Gasteiger partial charge < -0.3 is 30.4 Å². The first-order valence-electron chi connectivity index (χ1n) is 7.65. The first kappa shape index (κ1) is 20.6. The molecule has 0 aliphatic rings. The number of nitrogens with two attached hydrogens (primary N) is 1. The van der Waals surface area contributed by atoms with Crippen molar-refractivity contribution in [2.24, 2.45) is 10.7 Å². The van der Waals surface area contributed by atoms with Crippen molar-refractivity contribution >= 4 is 18.6 Å². The zero-order chi connectivity index (χ0) is 18.5. The summed E-state index contributed by atoms with van der Waals surface area (Å²) < 4.78 is 15.8. The first-order valence-corrected chi connectivity index (χ1v) is 7.65. The van der Waals surface area contributed by atoms with Gasteiger partial charge in [0.25, 0.3) is 5.91 Å². The minimum Gasteiger partial charge on any atom is -0.489 e. The van der Waals surface area contributed by atoms with Gasteiger partial charge in [0, 0.05) is 18.7 Å². The summed E-state index contributed by atoms with van der Waals surface area (Å²) in [6.07, 6.45) is -0.636. The number of carbonyl (C=O) groups is 2. The average molecular weight is 353 g/mol. The van der Waals surface area contributed by atoms with E-state index in [0.29, 0.717) is 24.4 Å². The first-order chi connectivity index (χ1) is 12.1. The summed E-state index contributed by atoms with van der Waals surface area (Å²) in [5.41, 5.74) is 5.80. The normalized spacial score (nSPS) is 11.6. The molecule has 0 heterocycles. The maximum absolute atomic E-state index is 11.9. The molecule has 4 N–H and O–H groups in total. The molecular formula is C16H23N3O6. The Morgan fingerprint density at radius 2 is 2.16 bits per heavy atom. The van der Waals surface area contributed by atoms with Gasteiger partial charge in [-0.05, 0) is 24.9 Å². The van der Waals surface area contributed by atoms with Gasteiger partial charge in [0.2, 0.25) is 0 Å². The molecule has 1 rings (SSSR count). The van der Waals surface area contributed by atoms with Crippen LogP contribution in [0.2, 0.25) is 0 Å². The molecule has 0 bridgehead atoms. The standard InChI is InChI=1S/C16H23N3O6/c1-18-14(24-8-7-23-11-15(20)21)10-25-13-4-2-3-12(9-13)16(22)19-6-5-17/h2-4,9,14H,1,5-8,10-11,17H2,(H,19,22)(H,20,21). The number of aliphatic carboxylic acids is 1. The SMILES string of the molecule is C=NC(COc1cccc(C(=O)NCCN)c1)OCCOCC(=O)O. The van der Waals surface area contributed by atoms with Crippen LogP contribution in [-0.4, -0.2) is 69.4 Å². The van der Waals surface area contributed by atoms with E-state index < -0.39 is 12.2 Å². The quantitative estimate of drug-likeness (QED) is 0.333. The lowest BCUT2D eigenvalue weighted by Crippen LogP contribution is -2.29. The number of nitrogens with one attached hydrogen (secondary N) is 1. The van der Waals surface area contributed by atoms with Gasteiger partial charge in [0.1, 0.15) is 19.0 Å². The number of carboxylic acids is 1. The van der Waals surface area contributed by atoms with Crippen molar-refractivity contribution < 1.29 is 28.9 Å². The summed E-state index contributed by atoms with van der Waals surface area (Å²) in [5.74, 6) is -0.794. The van der Waals surface area contributed by atoms with Crippen LogP contribution in [0.3, 0.4) is 0 Å². The largest absolute Gasteiger partial charge is 0.489 e. The van der Waals surface area contributed by atoms with E-state index in [1.54, 1.807) is 24.3 Å². The Hall–Kier alpha value is -2.49. The molecule has 0 saturated carbocycles. The molecule has 1 aromatic rings. The molecule has 9 heteroatoms. The third-order valence-electron chi connectivity index (χ3n) is 2.89. The lowest BCUT2D eigenvalue weighted by molar-refractivity contribution is -0.143. The highest BCUT2D eigenvalue weighted by atomic mass is 16.6. The maximum Gasteiger partial charge on any atom is 0.329 e. The molecule has 0 radical (unpaired) electrons. The summed E-state index contributed by atoms with van der Waals surface area (Å²) in [7, 11) is 0. The van der Waals surface area contributed by atoms with Gasteiger partial charge in [0.05, 0.1) is 13.2 Å². The van der Waals surface area contributed by atoms with Crippen LogP contribution in [0.25, 0.3) is 0 Å². The highest BCUT2D eigenvalue weighted by Gasteiger charge is 2.09. The fourth-order valence-corrected chi connectivity index (χ4v) is 1.74. The van der Waals surface area contributed by atoms with E-state index in [0.717, 1.165) is 0 Å². The van der Waals surface area contributed by atoms with Gasteiger partial charge in [-0.3, -0.25) is 9.79 Å². The number of hydrogen-bond donors (Lipinski definition) is 3. The second kappa shape index (κ2) is 12.0. The van der Waals surface area contributed by atoms with Gasteiger partial charge in [0.15, 0.2) is 6.23 Å². The Bertz CT molecular complexity index is 567. The lowest BCUT2D eigenvalue weighted by atomic mass is 10.2. The summed E-state index contributed by atoms with van der Waals surface area (Å²) in [5, 5.41) is 11.1. The molecule has 0 fully saturated rings. The van der Waals surface area contributed by atoms with Crippen LogP contribution < -0.4 is 15.8 Å². The van der Waals surface area contributed by atoms with E-state index in [9.17, 15) is 9.59 Å². The Morgan fingerprint density at radius 1 is 1.36 bits per heavy atom. The molecule has 138 valence electrons. The van der Waals surface area contributed by atoms with Crippen LogP contribution in [0.15, 0.2) is 29.3 Å². The number of carboxylic acid groups (broad SMARTS) is 1. The Morgan fingerprint density at radius 3 is 2.84 bits per heavy atom. The van der Waals surface area contributed by atoms with E-state index in [1.807, 2.05) is 0 Å². The van der Waals surface area contributed by atoms with E-state index in [-0.39, 0.29) is 32.3 Å². The average Bonchev–Trinajstić information content (AvgIpc) is 2.61. The highest BCUT2D eigenvalue weighted by Crippen LogP contribution is 2.14. The number of benzene rings is 1. The fourth-order valence-electron chi connectivity index (χ4n) is 1.74. The molecule has 25 heavy (non-hydrogen) atoms. The molecule has 0 aliphatic carbocycles. The number of nitrogens with zero attached hydrogens (tertiary/aromatic N) is 1. The summed E-state index contributed by atoms with van der Waals surface area (Å²) in [6.45, 7) is 4.15. The van der Waals surface area contributed by atoms with Crippen LogP contribution in [0.1, 0.15) is 10.4 Å². The smallest absolute Gasteiger partial charge is 0.329 e. The monoisotopic (exact) mass is 353 g/mol. The molecule has 1 amide bonds. The predicted octanol–water partition coefficient (Wildman–Crippen LogP) is -0.102. The second-order valence-corrected chi connectivity index (χ2v) is 4.84. The molecule has 0 aromatic heterocycles. The highest BCUT2D eigenvalue weighted by molar-refractivity contribution is 5.94. The minimum atomic E-state index is -1.04. The van der Waals surface area contributed by atoms with Gasteiger partial charge in [-0.2, -0.15) is 0 Å². The molecule has 1 aromatic carbocycles. The van der Waals surface area contributed by atoms with Gasteiger partial charge in [-0.25, -0.2) is 4.79 Å². The maximum atomic E-state index is 11.9. The van der Waals surface area contributed by atoms with Crippen LogP contribution >= 0.6 is 0 Å². The molecular weight excluding hydrogens is 330 g/mol. The van der Waals surface area contributed by atoms with E-state index in [2.05, 4.69) is 17.0 Å². The minimum absolute atomic E-state index is 0.0936. The number of rotatable bonds is 13. The van der Waals surface area contributed by atoms with Crippen molar-refractivity contribution in [3.05, 3.63) is 29.8 Å². The van der Waals surface area contributed by atoms with Gasteiger partial charge in [-0.1, -0.05) is 6.07 Å². The van der Waals surface area contributed by atoms with Crippen molar-refractivity contribution in [3.8, 4) is 5.75 Å². The molecule has 0 saturated heterocycles. The zero-order valence-electron chi connectivity index (χ0n) is 13.8. The van der Waals surface area contributed by atoms with E-state index >= 15 is 0 Å². The number of carbonyl (C=O) groups excluding carboxylic acids is 1. The van der Waals surface area contributed by atoms with Crippen LogP contribution in [0.5, 0.6) is 5.75 Å². The van der Waals surface area contributed by atoms with E-state index in [4.69, 9.17) is 25.1 Å². The molecule has 1 unspecified atom stereocenters. The Kier molecular flexibility index (Phi) is 9.83. The fraction of sp³-hybridized carbons (Fsp3) is 0.438. The van der Waals surface area contributed by atoms with Crippen molar-refractivity contribution in [1.82, 2.24) is 5.32 Å². The summed E-state index contributed by atoms with van der Waals surface area (Å²) >= 11 is 0. The summed E-state index contributed by atoms with van der Waals surface area (Å²) in [4.78, 5) is 25.9. The van der Waals surface area contributed by atoms with Crippen LogP contribution in [0.4, 0.5) is 0 Å². The van der Waals surface area contributed by atoms with Gasteiger partial charge in [-0.15, -0.1) is 0 Å². The number of ether oxygens (including phenoxy) is 3. The van der Waals surface area contributed by atoms with Crippen LogP contribution in [0, 0.1) is 0 Å². The number of aliphatic imine (C=N–C) groups is 1. The predicted molar refractivity (Wildman–Crippen MR) is 91.1 cm³/mol. The number of amides is 1. The van der Waals surface area contributed by atoms with Crippen molar-refractivity contribution in [2.45, 2.75) is 6.23 Å². The third-order valence-corrected chi connectivity index (χ3v) is 2.89. The molecule has 9 nitrogen and oxygen atoms in total. The van der Waals surface area contributed by atoms with E-state index in [1.165, 1.54) is 0 Å². The molecule has 0 spiro atoms.